The standard InChI is InChI=1S/C17H23NOSi/c18-13-7-12-17(14-19-20,15-8-3-1-4-9-15)16-10-5-2-6-11-16/h1-6,8-11H,7,12-14,18H2,20H3. The zero-order valence-corrected chi connectivity index (χ0v) is 14.1. The molecule has 2 aromatic rings. The van der Waals surface area contributed by atoms with Gasteiger partial charge in [-0.25, -0.2) is 0 Å². The summed E-state index contributed by atoms with van der Waals surface area (Å²) in [4.78, 5) is 0. The second-order valence-electron chi connectivity index (χ2n) is 5.14. The first-order valence-corrected chi connectivity index (χ1v) is 7.95. The molecule has 0 heterocycles. The first-order chi connectivity index (χ1) is 9.83. The minimum Gasteiger partial charge on any atom is -0.427 e. The van der Waals surface area contributed by atoms with Gasteiger partial charge in [0, 0.05) is 12.0 Å². The van der Waals surface area contributed by atoms with Gasteiger partial charge in [0.25, 0.3) is 0 Å². The van der Waals surface area contributed by atoms with E-state index in [-0.39, 0.29) is 5.41 Å². The summed E-state index contributed by atoms with van der Waals surface area (Å²) in [7, 11) is 0.749. The molecule has 0 aliphatic carbocycles. The van der Waals surface area contributed by atoms with Gasteiger partial charge in [0.15, 0.2) is 0 Å². The minimum absolute atomic E-state index is 0.0797. The maximum atomic E-state index is 5.76. The van der Waals surface area contributed by atoms with Gasteiger partial charge in [-0.3, -0.25) is 0 Å². The van der Waals surface area contributed by atoms with Crippen molar-refractivity contribution in [2.24, 2.45) is 5.73 Å². The van der Waals surface area contributed by atoms with E-state index >= 15 is 0 Å². The summed E-state index contributed by atoms with van der Waals surface area (Å²) in [5.41, 5.74) is 8.31. The van der Waals surface area contributed by atoms with Crippen LogP contribution in [0.15, 0.2) is 60.7 Å². The van der Waals surface area contributed by atoms with Crippen molar-refractivity contribution in [1.29, 1.82) is 0 Å². The molecule has 2 nitrogen and oxygen atoms in total. The highest BCUT2D eigenvalue weighted by Gasteiger charge is 2.33. The molecule has 0 aromatic heterocycles. The van der Waals surface area contributed by atoms with Gasteiger partial charge in [0.1, 0.15) is 10.5 Å². The number of hydrogen-bond acceptors (Lipinski definition) is 2. The SMILES string of the molecule is NCCCC(CO[SiH3])(c1ccccc1)c1ccccc1. The summed E-state index contributed by atoms with van der Waals surface area (Å²) < 4.78 is 5.71. The Morgan fingerprint density at radius 3 is 1.80 bits per heavy atom. The van der Waals surface area contributed by atoms with Crippen LogP contribution in [0.2, 0.25) is 0 Å². The van der Waals surface area contributed by atoms with E-state index in [1.54, 1.807) is 0 Å². The van der Waals surface area contributed by atoms with Crippen molar-refractivity contribution in [1.82, 2.24) is 0 Å². The molecule has 2 rings (SSSR count). The van der Waals surface area contributed by atoms with E-state index in [4.69, 9.17) is 10.2 Å². The van der Waals surface area contributed by atoms with Crippen LogP contribution >= 0.6 is 0 Å². The Bertz CT molecular complexity index is 461. The van der Waals surface area contributed by atoms with Gasteiger partial charge < -0.3 is 10.2 Å². The Morgan fingerprint density at radius 2 is 1.40 bits per heavy atom. The fourth-order valence-corrected chi connectivity index (χ4v) is 3.35. The van der Waals surface area contributed by atoms with Gasteiger partial charge in [0.2, 0.25) is 0 Å². The average molecular weight is 285 g/mol. The molecule has 0 atom stereocenters. The highest BCUT2D eigenvalue weighted by atomic mass is 28.2. The van der Waals surface area contributed by atoms with Gasteiger partial charge in [-0.05, 0) is 30.5 Å². The fraction of sp³-hybridized carbons (Fsp3) is 0.294. The summed E-state index contributed by atoms with van der Waals surface area (Å²) in [6.45, 7) is 1.44. The summed E-state index contributed by atoms with van der Waals surface area (Å²) in [5.74, 6) is 0. The smallest absolute Gasteiger partial charge is 0.146 e. The van der Waals surface area contributed by atoms with Crippen molar-refractivity contribution in [2.45, 2.75) is 18.3 Å². The summed E-state index contributed by atoms with van der Waals surface area (Å²) >= 11 is 0. The molecule has 20 heavy (non-hydrogen) atoms. The van der Waals surface area contributed by atoms with Crippen molar-refractivity contribution >= 4 is 10.5 Å². The van der Waals surface area contributed by atoms with Crippen LogP contribution in [0.4, 0.5) is 0 Å². The summed E-state index contributed by atoms with van der Waals surface area (Å²) in [5, 5.41) is 0. The van der Waals surface area contributed by atoms with Crippen LogP contribution in [0.3, 0.4) is 0 Å². The highest BCUT2D eigenvalue weighted by Crippen LogP contribution is 2.36. The molecule has 2 aromatic carbocycles. The molecule has 0 aliphatic rings. The molecule has 0 saturated carbocycles. The van der Waals surface area contributed by atoms with Crippen LogP contribution in [0, 0.1) is 0 Å². The van der Waals surface area contributed by atoms with Crippen molar-refractivity contribution in [3.63, 3.8) is 0 Å². The van der Waals surface area contributed by atoms with Gasteiger partial charge in [0.05, 0.1) is 0 Å². The maximum absolute atomic E-state index is 5.76. The third-order valence-corrected chi connectivity index (χ3v) is 4.14. The van der Waals surface area contributed by atoms with Crippen LogP contribution < -0.4 is 5.73 Å². The fourth-order valence-electron chi connectivity index (χ4n) is 2.86. The molecule has 0 radical (unpaired) electrons. The maximum Gasteiger partial charge on any atom is 0.146 e. The molecule has 106 valence electrons. The van der Waals surface area contributed by atoms with Gasteiger partial charge in [-0.2, -0.15) is 0 Å². The molecule has 3 heteroatoms. The van der Waals surface area contributed by atoms with Crippen LogP contribution in [-0.4, -0.2) is 23.6 Å². The second-order valence-corrected chi connectivity index (χ2v) is 5.72. The molecule has 0 spiro atoms. The number of benzene rings is 2. The molecule has 0 fully saturated rings. The van der Waals surface area contributed by atoms with E-state index in [0.717, 1.165) is 29.9 Å². The summed E-state index contributed by atoms with van der Waals surface area (Å²) in [6.07, 6.45) is 2.01. The lowest BCUT2D eigenvalue weighted by molar-refractivity contribution is 0.248. The Balaban J connectivity index is 2.50. The van der Waals surface area contributed by atoms with Gasteiger partial charge in [-0.15, -0.1) is 0 Å². The minimum atomic E-state index is -0.0797. The molecule has 0 unspecified atom stereocenters. The lowest BCUT2D eigenvalue weighted by Crippen LogP contribution is -2.34. The number of rotatable bonds is 7. The number of hydrogen-bond donors (Lipinski definition) is 1. The third kappa shape index (κ3) is 3.18. The second kappa shape index (κ2) is 7.38. The van der Waals surface area contributed by atoms with Crippen molar-refractivity contribution in [3.8, 4) is 0 Å². The molecular formula is C17H23NOSi. The van der Waals surface area contributed by atoms with E-state index < -0.39 is 0 Å². The predicted molar refractivity (Wildman–Crippen MR) is 87.8 cm³/mol. The largest absolute Gasteiger partial charge is 0.427 e. The Kier molecular flexibility index (Phi) is 5.53. The molecule has 2 N–H and O–H groups in total. The Labute approximate surface area is 124 Å². The molecular weight excluding hydrogens is 262 g/mol. The lowest BCUT2D eigenvalue weighted by atomic mass is 9.72. The van der Waals surface area contributed by atoms with Crippen LogP contribution in [0.1, 0.15) is 24.0 Å². The van der Waals surface area contributed by atoms with Crippen molar-refractivity contribution in [3.05, 3.63) is 71.8 Å². The predicted octanol–water partition coefficient (Wildman–Crippen LogP) is 2.01. The monoisotopic (exact) mass is 285 g/mol. The quantitative estimate of drug-likeness (QED) is 0.790. The van der Waals surface area contributed by atoms with Gasteiger partial charge in [-0.1, -0.05) is 60.7 Å². The average Bonchev–Trinajstić information content (AvgIpc) is 2.53. The topological polar surface area (TPSA) is 35.2 Å². The van der Waals surface area contributed by atoms with Crippen LogP contribution in [0.25, 0.3) is 0 Å². The van der Waals surface area contributed by atoms with Crippen molar-refractivity contribution < 1.29 is 4.43 Å². The summed E-state index contributed by atoms with van der Waals surface area (Å²) in [6, 6.07) is 21.3. The Hall–Kier alpha value is -1.42. The molecule has 0 bridgehead atoms. The first kappa shape index (κ1) is 15.0. The first-order valence-electron chi connectivity index (χ1n) is 7.13. The van der Waals surface area contributed by atoms with Crippen LogP contribution in [0.5, 0.6) is 0 Å². The van der Waals surface area contributed by atoms with E-state index in [0.29, 0.717) is 6.54 Å². The zero-order valence-electron chi connectivity index (χ0n) is 12.1. The molecule has 0 saturated heterocycles. The van der Waals surface area contributed by atoms with Crippen molar-refractivity contribution in [2.75, 3.05) is 13.2 Å². The molecule has 0 aliphatic heterocycles. The number of nitrogens with two attached hydrogens (primary N) is 1. The lowest BCUT2D eigenvalue weighted by Gasteiger charge is -2.35. The van der Waals surface area contributed by atoms with Crippen LogP contribution in [-0.2, 0) is 9.84 Å². The van der Waals surface area contributed by atoms with E-state index in [2.05, 4.69) is 60.7 Å². The zero-order chi connectivity index (χ0) is 14.3. The molecule has 0 amide bonds. The van der Waals surface area contributed by atoms with E-state index in [1.807, 2.05) is 0 Å². The van der Waals surface area contributed by atoms with E-state index in [9.17, 15) is 0 Å². The third-order valence-electron chi connectivity index (χ3n) is 3.85. The highest BCUT2D eigenvalue weighted by molar-refractivity contribution is 5.98. The van der Waals surface area contributed by atoms with Gasteiger partial charge >= 0.3 is 0 Å². The van der Waals surface area contributed by atoms with E-state index in [1.165, 1.54) is 11.1 Å². The normalized spacial score (nSPS) is 11.7. The Morgan fingerprint density at radius 1 is 0.900 bits per heavy atom.